The molecular weight excluding hydrogens is 237 g/mol. The summed E-state index contributed by atoms with van der Waals surface area (Å²) < 4.78 is 0.593. The third kappa shape index (κ3) is 1.00. The number of rotatable bonds is 0. The molecule has 0 bridgehead atoms. The highest BCUT2D eigenvalue weighted by Crippen LogP contribution is 2.27. The fraction of sp³-hybridized carbons (Fsp3) is 0.250. The fourth-order valence-corrected chi connectivity index (χ4v) is 2.06. The van der Waals surface area contributed by atoms with E-state index in [0.717, 1.165) is 6.42 Å². The van der Waals surface area contributed by atoms with Crippen molar-refractivity contribution < 1.29 is 0 Å². The summed E-state index contributed by atoms with van der Waals surface area (Å²) in [5.74, 6) is 0. The van der Waals surface area contributed by atoms with Crippen LogP contribution in [0, 0.1) is 0 Å². The van der Waals surface area contributed by atoms with Crippen LogP contribution in [0.5, 0.6) is 0 Å². The van der Waals surface area contributed by atoms with Gasteiger partial charge >= 0.3 is 0 Å². The molecule has 1 aliphatic heterocycles. The number of hydrogen-bond donors (Lipinski definition) is 1. The lowest BCUT2D eigenvalue weighted by Gasteiger charge is -1.98. The smallest absolute Gasteiger partial charge is 0.0822 e. The van der Waals surface area contributed by atoms with Crippen LogP contribution in [0.4, 0.5) is 5.69 Å². The minimum atomic E-state index is 0.593. The highest BCUT2D eigenvalue weighted by Gasteiger charge is 2.15. The van der Waals surface area contributed by atoms with Crippen molar-refractivity contribution in [2.45, 2.75) is 10.5 Å². The zero-order chi connectivity index (χ0) is 6.97. The molecule has 10 heavy (non-hydrogen) atoms. The van der Waals surface area contributed by atoms with Gasteiger partial charge in [-0.1, -0.05) is 40.8 Å². The predicted molar refractivity (Wildman–Crippen MR) is 51.6 cm³/mol. The van der Waals surface area contributed by atoms with Crippen molar-refractivity contribution in [3.05, 3.63) is 29.8 Å². The SMILES string of the molecule is IC1Cc2ccccc2N1. The van der Waals surface area contributed by atoms with Gasteiger partial charge in [-0.25, -0.2) is 0 Å². The first-order valence-electron chi connectivity index (χ1n) is 3.35. The van der Waals surface area contributed by atoms with Crippen molar-refractivity contribution in [3.63, 3.8) is 0 Å². The molecule has 1 aliphatic rings. The summed E-state index contributed by atoms with van der Waals surface area (Å²) in [6.45, 7) is 0. The number of nitrogens with one attached hydrogen (secondary N) is 1. The standard InChI is InChI=1S/C8H8IN/c9-8-5-6-3-1-2-4-7(6)10-8/h1-4,8,10H,5H2. The Morgan fingerprint density at radius 2 is 2.20 bits per heavy atom. The van der Waals surface area contributed by atoms with Gasteiger partial charge < -0.3 is 5.32 Å². The lowest BCUT2D eigenvalue weighted by Crippen LogP contribution is -2.03. The predicted octanol–water partition coefficient (Wildman–Crippen LogP) is 2.42. The van der Waals surface area contributed by atoms with E-state index in [1.807, 2.05) is 0 Å². The molecule has 1 N–H and O–H groups in total. The Kier molecular flexibility index (Phi) is 1.56. The van der Waals surface area contributed by atoms with Crippen molar-refractivity contribution in [2.24, 2.45) is 0 Å². The van der Waals surface area contributed by atoms with Crippen LogP contribution in [0.1, 0.15) is 5.56 Å². The minimum absolute atomic E-state index is 0.593. The van der Waals surface area contributed by atoms with E-state index >= 15 is 0 Å². The van der Waals surface area contributed by atoms with Crippen LogP contribution in [0.2, 0.25) is 0 Å². The number of anilines is 1. The van der Waals surface area contributed by atoms with Crippen LogP contribution >= 0.6 is 22.6 Å². The van der Waals surface area contributed by atoms with Gasteiger partial charge in [0.1, 0.15) is 0 Å². The Morgan fingerprint density at radius 3 is 3.00 bits per heavy atom. The van der Waals surface area contributed by atoms with Gasteiger partial charge in [0.2, 0.25) is 0 Å². The first kappa shape index (κ1) is 6.46. The molecule has 1 nitrogen and oxygen atoms in total. The summed E-state index contributed by atoms with van der Waals surface area (Å²) in [6.07, 6.45) is 1.16. The van der Waals surface area contributed by atoms with E-state index < -0.39 is 0 Å². The van der Waals surface area contributed by atoms with Crippen molar-refractivity contribution in [1.29, 1.82) is 0 Å². The summed E-state index contributed by atoms with van der Waals surface area (Å²) >= 11 is 2.42. The third-order valence-electron chi connectivity index (χ3n) is 1.73. The molecule has 1 unspecified atom stereocenters. The van der Waals surface area contributed by atoms with Gasteiger partial charge in [0, 0.05) is 12.1 Å². The van der Waals surface area contributed by atoms with Crippen LogP contribution < -0.4 is 5.32 Å². The molecule has 2 rings (SSSR count). The quantitative estimate of drug-likeness (QED) is 0.420. The van der Waals surface area contributed by atoms with E-state index in [9.17, 15) is 0 Å². The van der Waals surface area contributed by atoms with E-state index in [2.05, 4.69) is 52.2 Å². The molecule has 1 heterocycles. The van der Waals surface area contributed by atoms with Crippen molar-refractivity contribution in [3.8, 4) is 0 Å². The Bertz CT molecular complexity index is 222. The lowest BCUT2D eigenvalue weighted by atomic mass is 10.2. The van der Waals surface area contributed by atoms with Crippen LogP contribution in [0.25, 0.3) is 0 Å². The summed E-state index contributed by atoms with van der Waals surface area (Å²) in [5, 5.41) is 3.38. The number of fused-ring (bicyclic) bond motifs is 1. The highest BCUT2D eigenvalue weighted by atomic mass is 127. The van der Waals surface area contributed by atoms with Gasteiger partial charge in [0.05, 0.1) is 4.05 Å². The van der Waals surface area contributed by atoms with Crippen LogP contribution in [-0.4, -0.2) is 4.05 Å². The molecule has 52 valence electrons. The Hall–Kier alpha value is -0.250. The molecule has 0 amide bonds. The van der Waals surface area contributed by atoms with E-state index in [0.29, 0.717) is 4.05 Å². The molecule has 0 saturated carbocycles. The zero-order valence-corrected chi connectivity index (χ0v) is 7.63. The van der Waals surface area contributed by atoms with Crippen molar-refractivity contribution in [2.75, 3.05) is 5.32 Å². The Morgan fingerprint density at radius 1 is 1.40 bits per heavy atom. The first-order valence-corrected chi connectivity index (χ1v) is 4.59. The maximum atomic E-state index is 3.38. The molecular formula is C8H8IN. The molecule has 2 heteroatoms. The maximum absolute atomic E-state index is 3.38. The summed E-state index contributed by atoms with van der Waals surface area (Å²) in [4.78, 5) is 0. The molecule has 0 radical (unpaired) electrons. The van der Waals surface area contributed by atoms with Crippen molar-refractivity contribution >= 4 is 28.3 Å². The largest absolute Gasteiger partial charge is 0.373 e. The van der Waals surface area contributed by atoms with Gasteiger partial charge in [-0.2, -0.15) is 0 Å². The fourth-order valence-electron chi connectivity index (χ4n) is 1.25. The molecule has 0 aromatic heterocycles. The topological polar surface area (TPSA) is 12.0 Å². The monoisotopic (exact) mass is 245 g/mol. The van der Waals surface area contributed by atoms with Gasteiger partial charge in [-0.3, -0.25) is 0 Å². The summed E-state index contributed by atoms with van der Waals surface area (Å²) in [5.41, 5.74) is 2.75. The molecule has 0 aliphatic carbocycles. The molecule has 0 fully saturated rings. The normalized spacial score (nSPS) is 21.9. The lowest BCUT2D eigenvalue weighted by molar-refractivity contribution is 1.07. The Balaban J connectivity index is 2.42. The third-order valence-corrected chi connectivity index (χ3v) is 2.48. The highest BCUT2D eigenvalue weighted by molar-refractivity contribution is 14.1. The average Bonchev–Trinajstić information content (AvgIpc) is 2.27. The van der Waals surface area contributed by atoms with Crippen molar-refractivity contribution in [1.82, 2.24) is 0 Å². The van der Waals surface area contributed by atoms with Crippen LogP contribution in [0.3, 0.4) is 0 Å². The Labute approximate surface area is 74.0 Å². The molecule has 0 spiro atoms. The second-order valence-corrected chi connectivity index (χ2v) is 3.98. The number of benzene rings is 1. The second kappa shape index (κ2) is 2.42. The molecule has 1 aromatic carbocycles. The summed E-state index contributed by atoms with van der Waals surface area (Å²) in [7, 11) is 0. The number of alkyl halides is 1. The van der Waals surface area contributed by atoms with Crippen LogP contribution in [-0.2, 0) is 6.42 Å². The zero-order valence-electron chi connectivity index (χ0n) is 5.47. The summed E-state index contributed by atoms with van der Waals surface area (Å²) in [6, 6.07) is 8.48. The number of para-hydroxylation sites is 1. The van der Waals surface area contributed by atoms with Gasteiger partial charge in [-0.15, -0.1) is 0 Å². The molecule has 1 atom stereocenters. The maximum Gasteiger partial charge on any atom is 0.0822 e. The number of halogens is 1. The van der Waals surface area contributed by atoms with E-state index in [1.54, 1.807) is 0 Å². The molecule has 0 saturated heterocycles. The van der Waals surface area contributed by atoms with Gasteiger partial charge in [0.15, 0.2) is 0 Å². The van der Waals surface area contributed by atoms with E-state index in [-0.39, 0.29) is 0 Å². The average molecular weight is 245 g/mol. The van der Waals surface area contributed by atoms with E-state index in [1.165, 1.54) is 11.3 Å². The minimum Gasteiger partial charge on any atom is -0.373 e. The first-order chi connectivity index (χ1) is 4.86. The van der Waals surface area contributed by atoms with Gasteiger partial charge in [0.25, 0.3) is 0 Å². The van der Waals surface area contributed by atoms with Crippen LogP contribution in [0.15, 0.2) is 24.3 Å². The number of hydrogen-bond acceptors (Lipinski definition) is 1. The molecule has 1 aromatic rings. The van der Waals surface area contributed by atoms with Gasteiger partial charge in [-0.05, 0) is 11.6 Å². The second-order valence-electron chi connectivity index (χ2n) is 2.47. The van der Waals surface area contributed by atoms with E-state index in [4.69, 9.17) is 0 Å².